The number of nitrogens with zero attached hydrogens (tertiary/aromatic N) is 2. The molecule has 0 aliphatic carbocycles. The topological polar surface area (TPSA) is 99.8 Å². The second-order valence-corrected chi connectivity index (χ2v) is 2.56. The number of aromatic nitrogens is 2. The van der Waals surface area contributed by atoms with Crippen LogP contribution in [0.4, 0.5) is 0 Å². The molecule has 8 nitrogen and oxygen atoms in total. The second-order valence-electron chi connectivity index (χ2n) is 2.56. The van der Waals surface area contributed by atoms with Crippen molar-refractivity contribution in [3.8, 4) is 5.88 Å². The molecule has 0 fully saturated rings. The predicted molar refractivity (Wildman–Crippen MR) is 44.9 cm³/mol. The van der Waals surface area contributed by atoms with Crippen molar-refractivity contribution in [2.75, 3.05) is 0 Å². The third-order valence-electron chi connectivity index (χ3n) is 1.25. The van der Waals surface area contributed by atoms with E-state index >= 15 is 0 Å². The summed E-state index contributed by atoms with van der Waals surface area (Å²) in [6.07, 6.45) is 0.798. The zero-order valence-electron chi connectivity index (χ0n) is 7.96. The van der Waals surface area contributed by atoms with E-state index in [1.165, 1.54) is 0 Å². The van der Waals surface area contributed by atoms with Crippen LogP contribution in [0.1, 0.15) is 13.8 Å². The van der Waals surface area contributed by atoms with Gasteiger partial charge < -0.3 is 14.8 Å². The van der Waals surface area contributed by atoms with Gasteiger partial charge in [0.2, 0.25) is 0 Å². The van der Waals surface area contributed by atoms with Gasteiger partial charge in [-0.15, -0.1) is 4.73 Å². The average molecular weight is 216 g/mol. The molecule has 15 heavy (non-hydrogen) atoms. The first-order valence-corrected chi connectivity index (χ1v) is 3.83. The van der Waals surface area contributed by atoms with Crippen LogP contribution in [-0.4, -0.2) is 26.5 Å². The molecule has 0 saturated heterocycles. The maximum atomic E-state index is 11.3. The van der Waals surface area contributed by atoms with Gasteiger partial charge in [0, 0.05) is 13.8 Å². The van der Waals surface area contributed by atoms with Gasteiger partial charge >= 0.3 is 17.6 Å². The van der Waals surface area contributed by atoms with Gasteiger partial charge in [-0.25, -0.2) is 14.4 Å². The van der Waals surface area contributed by atoms with Gasteiger partial charge in [0.15, 0.2) is 0 Å². The standard InChI is InChI=1S/C7H8N2O6/c1-4(10)14-8-3-6(12)9(7(8)13)15-5(2)11/h3,12H,1-2H3. The number of hydrogen-bond donors (Lipinski definition) is 1. The lowest BCUT2D eigenvalue weighted by Crippen LogP contribution is -2.34. The molecule has 0 spiro atoms. The van der Waals surface area contributed by atoms with Crippen LogP contribution in [0.2, 0.25) is 0 Å². The van der Waals surface area contributed by atoms with E-state index < -0.39 is 23.5 Å². The van der Waals surface area contributed by atoms with Crippen LogP contribution >= 0.6 is 0 Å². The number of imidazole rings is 1. The molecule has 0 saturated carbocycles. The number of rotatable bonds is 2. The van der Waals surface area contributed by atoms with Crippen LogP contribution in [0.5, 0.6) is 5.88 Å². The fourth-order valence-corrected chi connectivity index (χ4v) is 0.818. The summed E-state index contributed by atoms with van der Waals surface area (Å²) in [6, 6.07) is 0. The molecule has 1 N–H and O–H groups in total. The molecule has 0 aliphatic rings. The van der Waals surface area contributed by atoms with Gasteiger partial charge in [0.1, 0.15) is 6.20 Å². The zero-order chi connectivity index (χ0) is 11.6. The third kappa shape index (κ3) is 2.36. The third-order valence-corrected chi connectivity index (χ3v) is 1.25. The number of hydrogen-bond acceptors (Lipinski definition) is 6. The monoisotopic (exact) mass is 216 g/mol. The van der Waals surface area contributed by atoms with E-state index in [0.717, 1.165) is 20.0 Å². The van der Waals surface area contributed by atoms with E-state index in [4.69, 9.17) is 5.11 Å². The highest BCUT2D eigenvalue weighted by molar-refractivity contribution is 5.66. The van der Waals surface area contributed by atoms with Crippen molar-refractivity contribution in [1.82, 2.24) is 9.46 Å². The van der Waals surface area contributed by atoms with Crippen molar-refractivity contribution in [3.63, 3.8) is 0 Å². The summed E-state index contributed by atoms with van der Waals surface area (Å²) in [6.45, 7) is 2.13. The van der Waals surface area contributed by atoms with Gasteiger partial charge in [-0.2, -0.15) is 0 Å². The highest BCUT2D eigenvalue weighted by atomic mass is 16.7. The summed E-state index contributed by atoms with van der Waals surface area (Å²) in [5, 5.41) is 9.15. The van der Waals surface area contributed by atoms with E-state index in [0.29, 0.717) is 9.46 Å². The molecule has 0 unspecified atom stereocenters. The molecule has 1 aromatic heterocycles. The Morgan fingerprint density at radius 1 is 1.27 bits per heavy atom. The van der Waals surface area contributed by atoms with Crippen LogP contribution in [0.15, 0.2) is 11.0 Å². The zero-order valence-corrected chi connectivity index (χ0v) is 7.96. The largest absolute Gasteiger partial charge is 0.491 e. The molecule has 82 valence electrons. The molecule has 8 heteroatoms. The van der Waals surface area contributed by atoms with Crippen LogP contribution in [-0.2, 0) is 9.59 Å². The Kier molecular flexibility index (Phi) is 2.79. The summed E-state index contributed by atoms with van der Waals surface area (Å²) >= 11 is 0. The highest BCUT2D eigenvalue weighted by Crippen LogP contribution is 2.02. The normalized spacial score (nSPS) is 9.73. The van der Waals surface area contributed by atoms with Gasteiger partial charge in [0.05, 0.1) is 0 Å². The van der Waals surface area contributed by atoms with Crippen LogP contribution in [0, 0.1) is 0 Å². The Hall–Kier alpha value is -2.25. The van der Waals surface area contributed by atoms with Crippen LogP contribution in [0.3, 0.4) is 0 Å². The maximum Gasteiger partial charge on any atom is 0.398 e. The number of carbonyl (C=O) groups is 2. The van der Waals surface area contributed by atoms with Crippen molar-refractivity contribution < 1.29 is 24.4 Å². The summed E-state index contributed by atoms with van der Waals surface area (Å²) in [4.78, 5) is 41.1. The fourth-order valence-electron chi connectivity index (χ4n) is 0.818. The Bertz CT molecular complexity index is 457. The molecule has 0 amide bonds. The minimum atomic E-state index is -1.00. The Labute approximate surface area is 83.2 Å². The van der Waals surface area contributed by atoms with E-state index in [2.05, 4.69) is 9.68 Å². The smallest absolute Gasteiger partial charge is 0.398 e. The quantitative estimate of drug-likeness (QED) is 0.632. The second kappa shape index (κ2) is 3.86. The first-order valence-electron chi connectivity index (χ1n) is 3.83. The molecule has 1 heterocycles. The Morgan fingerprint density at radius 3 is 2.27 bits per heavy atom. The lowest BCUT2D eigenvalue weighted by Gasteiger charge is -1.99. The van der Waals surface area contributed by atoms with Gasteiger partial charge in [-0.3, -0.25) is 0 Å². The first-order chi connectivity index (χ1) is 6.91. The summed E-state index contributed by atoms with van der Waals surface area (Å²) in [7, 11) is 0. The van der Waals surface area contributed by atoms with E-state index in [9.17, 15) is 14.4 Å². The Balaban J connectivity index is 3.09. The van der Waals surface area contributed by atoms with Crippen molar-refractivity contribution in [2.24, 2.45) is 0 Å². The first kappa shape index (κ1) is 10.8. The highest BCUT2D eigenvalue weighted by Gasteiger charge is 2.15. The SMILES string of the molecule is CC(=O)On1cc(O)n(OC(C)=O)c1=O. The maximum absolute atomic E-state index is 11.3. The molecule has 0 atom stereocenters. The number of aromatic hydroxyl groups is 1. The van der Waals surface area contributed by atoms with Crippen LogP contribution in [0.25, 0.3) is 0 Å². The number of carbonyl (C=O) groups excluding carboxylic acids is 2. The molecular weight excluding hydrogens is 208 g/mol. The van der Waals surface area contributed by atoms with Crippen molar-refractivity contribution in [3.05, 3.63) is 16.7 Å². The van der Waals surface area contributed by atoms with E-state index in [-0.39, 0.29) is 0 Å². The van der Waals surface area contributed by atoms with Gasteiger partial charge in [-0.05, 0) is 0 Å². The fraction of sp³-hybridized carbons (Fsp3) is 0.286. The van der Waals surface area contributed by atoms with Gasteiger partial charge in [-0.1, -0.05) is 4.73 Å². The molecule has 1 rings (SSSR count). The minimum Gasteiger partial charge on any atom is -0.491 e. The Morgan fingerprint density at radius 2 is 1.80 bits per heavy atom. The van der Waals surface area contributed by atoms with E-state index in [1.54, 1.807) is 0 Å². The van der Waals surface area contributed by atoms with Crippen molar-refractivity contribution >= 4 is 11.9 Å². The van der Waals surface area contributed by atoms with Gasteiger partial charge in [0.25, 0.3) is 5.88 Å². The summed E-state index contributed by atoms with van der Waals surface area (Å²) < 4.78 is 0.742. The molecular formula is C7H8N2O6. The van der Waals surface area contributed by atoms with Crippen LogP contribution < -0.4 is 15.4 Å². The molecule has 0 bridgehead atoms. The minimum absolute atomic E-state index is 0.297. The predicted octanol–water partition coefficient (Wildman–Crippen LogP) is -1.69. The molecule has 0 aliphatic heterocycles. The summed E-state index contributed by atoms with van der Waals surface area (Å²) in [5.74, 6) is -2.21. The van der Waals surface area contributed by atoms with E-state index in [1.807, 2.05) is 0 Å². The van der Waals surface area contributed by atoms with Crippen molar-refractivity contribution in [1.29, 1.82) is 0 Å². The average Bonchev–Trinajstić information content (AvgIpc) is 2.31. The summed E-state index contributed by atoms with van der Waals surface area (Å²) in [5.41, 5.74) is -1.00. The molecule has 0 radical (unpaired) electrons. The van der Waals surface area contributed by atoms with Crippen molar-refractivity contribution in [2.45, 2.75) is 13.8 Å². The lowest BCUT2D eigenvalue weighted by atomic mass is 10.8. The molecule has 1 aromatic rings. The molecule has 0 aromatic carbocycles. The lowest BCUT2D eigenvalue weighted by molar-refractivity contribution is -0.143.